The molecular weight excluding hydrogens is 496 g/mol. The molecule has 1 atom stereocenters. The van der Waals surface area contributed by atoms with E-state index in [1.807, 2.05) is 24.3 Å². The molecule has 1 aliphatic rings. The molecule has 3 aromatic carbocycles. The molecule has 0 bridgehead atoms. The number of amides is 2. The highest BCUT2D eigenvalue weighted by Crippen LogP contribution is 2.30. The fraction of sp³-hybridized carbons (Fsp3) is 0.160. The Hall–Kier alpha value is -2.87. The molecular formula is C25H20Cl2FN3O2S. The van der Waals surface area contributed by atoms with Crippen LogP contribution in [0, 0.1) is 5.82 Å². The van der Waals surface area contributed by atoms with Crippen molar-refractivity contribution in [3.63, 3.8) is 0 Å². The Balaban J connectivity index is 1.54. The fourth-order valence-electron chi connectivity index (χ4n) is 3.34. The first-order valence-electron chi connectivity index (χ1n) is 10.5. The van der Waals surface area contributed by atoms with Crippen LogP contribution < -0.4 is 5.32 Å². The van der Waals surface area contributed by atoms with Gasteiger partial charge in [0.25, 0.3) is 0 Å². The summed E-state index contributed by atoms with van der Waals surface area (Å²) in [5.41, 5.74) is 2.11. The lowest BCUT2D eigenvalue weighted by atomic mass is 10.1. The minimum Gasteiger partial charge on any atom is -0.325 e. The number of nitrogens with one attached hydrogen (secondary N) is 1. The molecule has 1 fully saturated rings. The van der Waals surface area contributed by atoms with Crippen molar-refractivity contribution in [1.29, 1.82) is 0 Å². The lowest BCUT2D eigenvalue weighted by Gasteiger charge is -2.32. The van der Waals surface area contributed by atoms with E-state index in [0.29, 0.717) is 39.6 Å². The van der Waals surface area contributed by atoms with Gasteiger partial charge in [-0.05, 0) is 72.6 Å². The van der Waals surface area contributed by atoms with Gasteiger partial charge in [-0.1, -0.05) is 47.1 Å². The number of amidine groups is 1. The van der Waals surface area contributed by atoms with Crippen LogP contribution in [0.2, 0.25) is 10.0 Å². The summed E-state index contributed by atoms with van der Waals surface area (Å²) in [5.74, 6) is -0.931. The Labute approximate surface area is 211 Å². The molecule has 3 aromatic rings. The third kappa shape index (κ3) is 6.38. The summed E-state index contributed by atoms with van der Waals surface area (Å²) in [6.45, 7) is 0.409. The smallest absolute Gasteiger partial charge is 0.238 e. The first-order chi connectivity index (χ1) is 16.4. The fourth-order valence-corrected chi connectivity index (χ4v) is 4.71. The molecule has 0 radical (unpaired) electrons. The molecule has 0 saturated carbocycles. The lowest BCUT2D eigenvalue weighted by Crippen LogP contribution is -2.46. The topological polar surface area (TPSA) is 61.8 Å². The molecule has 1 N–H and O–H groups in total. The molecule has 1 unspecified atom stereocenters. The van der Waals surface area contributed by atoms with Gasteiger partial charge in [0.05, 0.1) is 5.69 Å². The number of hydrogen-bond donors (Lipinski definition) is 1. The van der Waals surface area contributed by atoms with E-state index in [2.05, 4.69) is 10.3 Å². The molecule has 0 spiro atoms. The summed E-state index contributed by atoms with van der Waals surface area (Å²) in [7, 11) is 0. The van der Waals surface area contributed by atoms with Crippen LogP contribution in [0.3, 0.4) is 0 Å². The molecule has 34 heavy (non-hydrogen) atoms. The molecule has 4 rings (SSSR count). The molecule has 174 valence electrons. The second-order valence-electron chi connectivity index (χ2n) is 7.60. The second-order valence-corrected chi connectivity index (χ2v) is 9.64. The van der Waals surface area contributed by atoms with Crippen LogP contribution in [0.15, 0.2) is 77.8 Å². The Morgan fingerprint density at radius 1 is 1.00 bits per heavy atom. The maximum absolute atomic E-state index is 13.2. The van der Waals surface area contributed by atoms with E-state index < -0.39 is 11.1 Å². The van der Waals surface area contributed by atoms with Gasteiger partial charge in [0.2, 0.25) is 11.8 Å². The van der Waals surface area contributed by atoms with Gasteiger partial charge in [-0.25, -0.2) is 9.38 Å². The summed E-state index contributed by atoms with van der Waals surface area (Å²) >= 11 is 13.2. The van der Waals surface area contributed by atoms with Crippen molar-refractivity contribution in [2.24, 2.45) is 4.99 Å². The summed E-state index contributed by atoms with van der Waals surface area (Å²) in [6, 6.07) is 19.9. The molecule has 0 aromatic heterocycles. The maximum atomic E-state index is 13.2. The first kappa shape index (κ1) is 24.3. The molecule has 5 nitrogen and oxygen atoms in total. The van der Waals surface area contributed by atoms with Crippen molar-refractivity contribution in [3.8, 4) is 0 Å². The zero-order chi connectivity index (χ0) is 24.1. The summed E-state index contributed by atoms with van der Waals surface area (Å²) in [4.78, 5) is 32.2. The number of carbonyl (C=O) groups excluding carboxylic acids is 2. The first-order valence-corrected chi connectivity index (χ1v) is 12.1. The Kier molecular flexibility index (Phi) is 7.88. The summed E-state index contributed by atoms with van der Waals surface area (Å²) in [6.07, 6.45) is 0.632. The number of rotatable bonds is 6. The van der Waals surface area contributed by atoms with Gasteiger partial charge < -0.3 is 5.32 Å². The highest BCUT2D eigenvalue weighted by molar-refractivity contribution is 8.15. The average Bonchev–Trinajstić information content (AvgIpc) is 2.82. The van der Waals surface area contributed by atoms with Crippen molar-refractivity contribution >= 4 is 63.3 Å². The predicted octanol–water partition coefficient (Wildman–Crippen LogP) is 6.34. The Bertz CT molecular complexity index is 1200. The zero-order valence-corrected chi connectivity index (χ0v) is 20.2. The van der Waals surface area contributed by atoms with Crippen molar-refractivity contribution in [2.75, 3.05) is 11.9 Å². The van der Waals surface area contributed by atoms with Gasteiger partial charge in [0.15, 0.2) is 5.17 Å². The normalized spacial score (nSPS) is 17.1. The van der Waals surface area contributed by atoms with Crippen molar-refractivity contribution in [3.05, 3.63) is 94.2 Å². The van der Waals surface area contributed by atoms with Gasteiger partial charge in [-0.3, -0.25) is 14.5 Å². The monoisotopic (exact) mass is 515 g/mol. The minimum absolute atomic E-state index is 0.0257. The van der Waals surface area contributed by atoms with Gasteiger partial charge in [0, 0.05) is 28.7 Å². The van der Waals surface area contributed by atoms with E-state index in [1.54, 1.807) is 29.2 Å². The molecule has 1 saturated heterocycles. The van der Waals surface area contributed by atoms with Gasteiger partial charge >= 0.3 is 0 Å². The largest absolute Gasteiger partial charge is 0.325 e. The van der Waals surface area contributed by atoms with Crippen LogP contribution >= 0.6 is 35.0 Å². The highest BCUT2D eigenvalue weighted by atomic mass is 35.5. The van der Waals surface area contributed by atoms with Gasteiger partial charge in [-0.15, -0.1) is 0 Å². The van der Waals surface area contributed by atoms with Crippen LogP contribution in [0.5, 0.6) is 0 Å². The van der Waals surface area contributed by atoms with Gasteiger partial charge in [0.1, 0.15) is 11.1 Å². The number of carbonyl (C=O) groups is 2. The molecule has 1 heterocycles. The number of aliphatic imine (C=N–C) groups is 1. The molecule has 1 aliphatic heterocycles. The predicted molar refractivity (Wildman–Crippen MR) is 136 cm³/mol. The van der Waals surface area contributed by atoms with Crippen LogP contribution in [0.4, 0.5) is 15.8 Å². The maximum Gasteiger partial charge on any atom is 0.238 e. The standard InChI is InChI=1S/C25H20Cl2FN3O2S/c26-17-3-1-16(2-4-17)13-14-31-23(32)15-22(24(33)29-20-11-7-19(28)8-12-20)34-25(31)30-21-9-5-18(27)6-10-21/h1-12,22H,13-15H2,(H,29,33). The molecule has 0 aliphatic carbocycles. The third-order valence-corrected chi connectivity index (χ3v) is 6.82. The number of thioether (sulfide) groups is 1. The lowest BCUT2D eigenvalue weighted by molar-refractivity contribution is -0.129. The highest BCUT2D eigenvalue weighted by Gasteiger charge is 2.35. The van der Waals surface area contributed by atoms with Crippen molar-refractivity contribution in [1.82, 2.24) is 4.90 Å². The summed E-state index contributed by atoms with van der Waals surface area (Å²) < 4.78 is 13.2. The molecule has 9 heteroatoms. The number of nitrogens with zero attached hydrogens (tertiary/aromatic N) is 2. The number of hydrogen-bond acceptors (Lipinski definition) is 4. The van der Waals surface area contributed by atoms with E-state index >= 15 is 0 Å². The van der Waals surface area contributed by atoms with E-state index in [4.69, 9.17) is 23.2 Å². The molecule has 2 amide bonds. The minimum atomic E-state index is -0.671. The SMILES string of the molecule is O=C(Nc1ccc(F)cc1)C1CC(=O)N(CCc2ccc(Cl)cc2)C(=Nc2ccc(Cl)cc2)S1. The third-order valence-electron chi connectivity index (χ3n) is 5.13. The Morgan fingerprint density at radius 2 is 1.62 bits per heavy atom. The second kappa shape index (κ2) is 11.0. The zero-order valence-electron chi connectivity index (χ0n) is 17.9. The number of benzene rings is 3. The summed E-state index contributed by atoms with van der Waals surface area (Å²) in [5, 5.41) is 3.74. The number of anilines is 1. The van der Waals surface area contributed by atoms with Crippen LogP contribution in [-0.4, -0.2) is 33.7 Å². The van der Waals surface area contributed by atoms with E-state index in [0.717, 1.165) is 5.56 Å². The average molecular weight is 516 g/mol. The van der Waals surface area contributed by atoms with Gasteiger partial charge in [-0.2, -0.15) is 0 Å². The van der Waals surface area contributed by atoms with E-state index in [1.165, 1.54) is 36.0 Å². The van der Waals surface area contributed by atoms with Crippen LogP contribution in [0.25, 0.3) is 0 Å². The van der Waals surface area contributed by atoms with Crippen molar-refractivity contribution in [2.45, 2.75) is 18.1 Å². The van der Waals surface area contributed by atoms with Crippen molar-refractivity contribution < 1.29 is 14.0 Å². The Morgan fingerprint density at radius 3 is 2.26 bits per heavy atom. The van der Waals surface area contributed by atoms with E-state index in [9.17, 15) is 14.0 Å². The number of halogens is 3. The van der Waals surface area contributed by atoms with Crippen LogP contribution in [-0.2, 0) is 16.0 Å². The quantitative estimate of drug-likeness (QED) is 0.416. The van der Waals surface area contributed by atoms with Crippen LogP contribution in [0.1, 0.15) is 12.0 Å². The van der Waals surface area contributed by atoms with E-state index in [-0.39, 0.29) is 18.2 Å².